The molecule has 1 aliphatic rings. The summed E-state index contributed by atoms with van der Waals surface area (Å²) in [7, 11) is 3.23. The fraction of sp³-hybridized carbons (Fsp3) is 0.312. The van der Waals surface area contributed by atoms with Crippen LogP contribution in [0.15, 0.2) is 78.1 Å². The molecular formula is C32H34FN3O4S. The Labute approximate surface area is 244 Å². The largest absolute Gasteiger partial charge is 0.493 e. The van der Waals surface area contributed by atoms with Gasteiger partial charge in [-0.05, 0) is 79.1 Å². The zero-order valence-corrected chi connectivity index (χ0v) is 24.5. The lowest BCUT2D eigenvalue weighted by Crippen LogP contribution is -2.25. The van der Waals surface area contributed by atoms with Gasteiger partial charge in [-0.2, -0.15) is 0 Å². The first-order valence-electron chi connectivity index (χ1n) is 13.5. The molecule has 1 aliphatic carbocycles. The first kappa shape index (κ1) is 28.5. The third kappa shape index (κ3) is 6.51. The number of amides is 1. The lowest BCUT2D eigenvalue weighted by molar-refractivity contribution is 0.0951. The van der Waals surface area contributed by atoms with Crippen molar-refractivity contribution in [3.8, 4) is 22.9 Å². The van der Waals surface area contributed by atoms with E-state index in [0.29, 0.717) is 41.2 Å². The maximum Gasteiger partial charge on any atom is 0.251 e. The van der Waals surface area contributed by atoms with Crippen molar-refractivity contribution in [3.05, 3.63) is 95.6 Å². The highest BCUT2D eigenvalue weighted by molar-refractivity contribution is 7.99. The van der Waals surface area contributed by atoms with Gasteiger partial charge in [-0.15, -0.1) is 0 Å². The molecular weight excluding hydrogens is 541 g/mol. The van der Waals surface area contributed by atoms with E-state index in [2.05, 4.69) is 23.7 Å². The Balaban J connectivity index is 1.33. The van der Waals surface area contributed by atoms with Crippen molar-refractivity contribution >= 4 is 17.7 Å². The third-order valence-electron chi connectivity index (χ3n) is 7.17. The molecule has 1 amide bonds. The minimum absolute atomic E-state index is 0.0472. The van der Waals surface area contributed by atoms with Crippen LogP contribution in [0.1, 0.15) is 48.3 Å². The molecule has 4 aromatic rings. The number of halogens is 1. The molecule has 0 saturated heterocycles. The van der Waals surface area contributed by atoms with Crippen molar-refractivity contribution in [1.29, 1.82) is 0 Å². The number of aromatic nitrogens is 2. The van der Waals surface area contributed by atoms with Gasteiger partial charge in [-0.1, -0.05) is 31.7 Å². The predicted octanol–water partition coefficient (Wildman–Crippen LogP) is 6.42. The zero-order valence-electron chi connectivity index (χ0n) is 23.6. The second-order valence-electron chi connectivity index (χ2n) is 10.4. The maximum atomic E-state index is 13.8. The number of rotatable bonds is 12. The number of carbonyl (C=O) groups is 1. The number of hydrogen-bond donors (Lipinski definition) is 1. The van der Waals surface area contributed by atoms with Crippen molar-refractivity contribution < 1.29 is 23.4 Å². The van der Waals surface area contributed by atoms with E-state index in [9.17, 15) is 9.18 Å². The second-order valence-corrected chi connectivity index (χ2v) is 11.5. The summed E-state index contributed by atoms with van der Waals surface area (Å²) in [6, 6.07) is 19.8. The average molecular weight is 576 g/mol. The standard InChI is InChI=1S/C32H34FN3O4S/c1-32(2,22-7-16-27(38-3)28(19-22)39-4)29-20-34-31(36(29)25-12-8-23(33)9-13-25)41-18-17-40-26-14-5-21(6-15-26)30(37)35-24-10-11-24/h5-9,12-16,19-20,24H,10-11,17-18H2,1-4H3,(H,35,37). The average Bonchev–Trinajstić information content (AvgIpc) is 3.70. The molecule has 1 saturated carbocycles. The van der Waals surface area contributed by atoms with Crippen LogP contribution in [0.4, 0.5) is 4.39 Å². The monoisotopic (exact) mass is 575 g/mol. The Hall–Kier alpha value is -3.98. The van der Waals surface area contributed by atoms with Gasteiger partial charge < -0.3 is 19.5 Å². The van der Waals surface area contributed by atoms with Crippen LogP contribution in [0.2, 0.25) is 0 Å². The van der Waals surface area contributed by atoms with Gasteiger partial charge in [0, 0.05) is 28.5 Å². The van der Waals surface area contributed by atoms with Crippen molar-refractivity contribution in [1.82, 2.24) is 14.9 Å². The molecule has 0 bridgehead atoms. The lowest BCUT2D eigenvalue weighted by Gasteiger charge is -2.28. The molecule has 9 heteroatoms. The molecule has 1 N–H and O–H groups in total. The van der Waals surface area contributed by atoms with E-state index in [-0.39, 0.29) is 11.7 Å². The van der Waals surface area contributed by atoms with Crippen molar-refractivity contribution in [3.63, 3.8) is 0 Å². The fourth-order valence-corrected chi connectivity index (χ4v) is 5.39. The van der Waals surface area contributed by atoms with Crippen molar-refractivity contribution in [2.75, 3.05) is 26.6 Å². The van der Waals surface area contributed by atoms with Gasteiger partial charge in [0.1, 0.15) is 11.6 Å². The molecule has 41 heavy (non-hydrogen) atoms. The normalized spacial score (nSPS) is 13.1. The number of imidazole rings is 1. The number of carbonyl (C=O) groups excluding carboxylic acids is 1. The van der Waals surface area contributed by atoms with E-state index < -0.39 is 5.41 Å². The topological polar surface area (TPSA) is 74.6 Å². The fourth-order valence-electron chi connectivity index (χ4n) is 4.58. The van der Waals surface area contributed by atoms with E-state index in [1.165, 1.54) is 12.1 Å². The smallest absolute Gasteiger partial charge is 0.251 e. The number of nitrogens with zero attached hydrogens (tertiary/aromatic N) is 2. The molecule has 1 aromatic heterocycles. The number of benzene rings is 3. The van der Waals surface area contributed by atoms with Crippen LogP contribution in [-0.4, -0.2) is 48.1 Å². The van der Waals surface area contributed by atoms with E-state index in [4.69, 9.17) is 19.2 Å². The van der Waals surface area contributed by atoms with Gasteiger partial charge in [-0.25, -0.2) is 9.37 Å². The van der Waals surface area contributed by atoms with Gasteiger partial charge in [0.15, 0.2) is 16.7 Å². The van der Waals surface area contributed by atoms with E-state index in [0.717, 1.165) is 34.9 Å². The molecule has 3 aromatic carbocycles. The first-order valence-corrected chi connectivity index (χ1v) is 14.5. The van der Waals surface area contributed by atoms with E-state index >= 15 is 0 Å². The van der Waals surface area contributed by atoms with Crippen LogP contribution in [0.25, 0.3) is 5.69 Å². The zero-order chi connectivity index (χ0) is 29.0. The first-order chi connectivity index (χ1) is 19.8. The van der Waals surface area contributed by atoms with Crippen LogP contribution in [0, 0.1) is 5.82 Å². The van der Waals surface area contributed by atoms with Gasteiger partial charge in [0.05, 0.1) is 32.7 Å². The maximum absolute atomic E-state index is 13.8. The molecule has 7 nitrogen and oxygen atoms in total. The molecule has 0 spiro atoms. The Morgan fingerprint density at radius 3 is 2.39 bits per heavy atom. The summed E-state index contributed by atoms with van der Waals surface area (Å²) in [4.78, 5) is 17.0. The number of thioether (sulfide) groups is 1. The Kier molecular flexibility index (Phi) is 8.54. The Morgan fingerprint density at radius 1 is 1.02 bits per heavy atom. The minimum atomic E-state index is -0.468. The highest BCUT2D eigenvalue weighted by atomic mass is 32.2. The van der Waals surface area contributed by atoms with Crippen LogP contribution < -0.4 is 19.5 Å². The van der Waals surface area contributed by atoms with Crippen LogP contribution in [0.3, 0.4) is 0 Å². The number of nitrogens with one attached hydrogen (secondary N) is 1. The molecule has 0 atom stereocenters. The number of methoxy groups -OCH3 is 2. The van der Waals surface area contributed by atoms with Crippen LogP contribution >= 0.6 is 11.8 Å². The van der Waals surface area contributed by atoms with Gasteiger partial charge >= 0.3 is 0 Å². The van der Waals surface area contributed by atoms with Gasteiger partial charge in [0.2, 0.25) is 0 Å². The SMILES string of the molecule is COc1ccc(C(C)(C)c2cnc(SCCOc3ccc(C(=O)NC4CC4)cc3)n2-c2ccc(F)cc2)cc1OC. The predicted molar refractivity (Wildman–Crippen MR) is 158 cm³/mol. The van der Waals surface area contributed by atoms with Gasteiger partial charge in [0.25, 0.3) is 5.91 Å². The van der Waals surface area contributed by atoms with Gasteiger partial charge in [-0.3, -0.25) is 9.36 Å². The number of hydrogen-bond acceptors (Lipinski definition) is 6. The van der Waals surface area contributed by atoms with Crippen LogP contribution in [-0.2, 0) is 5.41 Å². The molecule has 0 radical (unpaired) electrons. The van der Waals surface area contributed by atoms with Crippen molar-refractivity contribution in [2.24, 2.45) is 0 Å². The number of ether oxygens (including phenoxy) is 3. The van der Waals surface area contributed by atoms with E-state index in [1.54, 1.807) is 50.2 Å². The quantitative estimate of drug-likeness (QED) is 0.155. The molecule has 0 aliphatic heterocycles. The van der Waals surface area contributed by atoms with Crippen LogP contribution in [0.5, 0.6) is 17.2 Å². The molecule has 0 unspecified atom stereocenters. The Bertz CT molecular complexity index is 1500. The summed E-state index contributed by atoms with van der Waals surface area (Å²) in [6.45, 7) is 4.69. The third-order valence-corrected chi connectivity index (χ3v) is 8.09. The Morgan fingerprint density at radius 2 is 1.73 bits per heavy atom. The molecule has 214 valence electrons. The molecule has 1 heterocycles. The second kappa shape index (κ2) is 12.3. The summed E-state index contributed by atoms with van der Waals surface area (Å²) >= 11 is 1.56. The highest BCUT2D eigenvalue weighted by Crippen LogP contribution is 2.39. The molecule has 5 rings (SSSR count). The molecule has 1 fully saturated rings. The minimum Gasteiger partial charge on any atom is -0.493 e. The van der Waals surface area contributed by atoms with E-state index in [1.807, 2.05) is 36.5 Å². The summed E-state index contributed by atoms with van der Waals surface area (Å²) in [5.74, 6) is 2.30. The summed E-state index contributed by atoms with van der Waals surface area (Å²) in [6.07, 6.45) is 3.98. The summed E-state index contributed by atoms with van der Waals surface area (Å²) < 4.78 is 32.8. The summed E-state index contributed by atoms with van der Waals surface area (Å²) in [5, 5.41) is 3.76. The van der Waals surface area contributed by atoms with Crippen molar-refractivity contribution in [2.45, 2.75) is 43.3 Å². The summed E-state index contributed by atoms with van der Waals surface area (Å²) in [5.41, 5.74) is 2.94. The highest BCUT2D eigenvalue weighted by Gasteiger charge is 2.30. The lowest BCUT2D eigenvalue weighted by atomic mass is 9.81.